The Kier molecular flexibility index (Phi) is 4.54. The number of carboxylic acid groups (broad SMARTS) is 1. The monoisotopic (exact) mass is 295 g/mol. The second-order valence-electron chi connectivity index (χ2n) is 4.77. The number of rotatable bonds is 5. The van der Waals surface area contributed by atoms with Gasteiger partial charge < -0.3 is 15.2 Å². The number of carboxylic acids is 1. The van der Waals surface area contributed by atoms with Crippen LogP contribution in [0.5, 0.6) is 5.75 Å². The molecule has 1 atom stereocenters. The number of methoxy groups -OCH3 is 1. The van der Waals surface area contributed by atoms with Crippen molar-refractivity contribution in [2.24, 2.45) is 0 Å². The van der Waals surface area contributed by atoms with Gasteiger partial charge in [0.15, 0.2) is 0 Å². The Morgan fingerprint density at radius 1 is 1.50 bits per heavy atom. The first-order valence-corrected chi connectivity index (χ1v) is 7.46. The lowest BCUT2D eigenvalue weighted by Gasteiger charge is -2.24. The molecule has 5 nitrogen and oxygen atoms in total. The molecular formula is C14H17NO4S. The van der Waals surface area contributed by atoms with Crippen molar-refractivity contribution in [1.29, 1.82) is 0 Å². The molecule has 0 spiro atoms. The standard InChI is InChI=1S/C14H17NO4S/c1-19-11-4-2-3-10(7-11)8-12(16)15-14(13(17)18)5-6-20-9-14/h2-4,7H,5-6,8-9H2,1H3,(H,15,16)(H,17,18). The maximum Gasteiger partial charge on any atom is 0.330 e. The minimum atomic E-state index is -1.11. The maximum absolute atomic E-state index is 12.1. The summed E-state index contributed by atoms with van der Waals surface area (Å²) in [5.41, 5.74) is -0.311. The van der Waals surface area contributed by atoms with Gasteiger partial charge in [-0.25, -0.2) is 4.79 Å². The lowest BCUT2D eigenvalue weighted by atomic mass is 9.98. The van der Waals surface area contributed by atoms with Crippen molar-refractivity contribution >= 4 is 23.6 Å². The average molecular weight is 295 g/mol. The van der Waals surface area contributed by atoms with E-state index in [0.717, 1.165) is 11.3 Å². The second kappa shape index (κ2) is 6.17. The Morgan fingerprint density at radius 2 is 2.30 bits per heavy atom. The molecule has 2 N–H and O–H groups in total. The van der Waals surface area contributed by atoms with Crippen LogP contribution in [0.25, 0.3) is 0 Å². The van der Waals surface area contributed by atoms with E-state index >= 15 is 0 Å². The second-order valence-corrected chi connectivity index (χ2v) is 5.87. The molecule has 1 saturated heterocycles. The van der Waals surface area contributed by atoms with Gasteiger partial charge in [0.1, 0.15) is 11.3 Å². The van der Waals surface area contributed by atoms with Gasteiger partial charge in [-0.2, -0.15) is 11.8 Å². The number of carbonyl (C=O) groups is 2. The molecular weight excluding hydrogens is 278 g/mol. The molecule has 1 aliphatic rings. The van der Waals surface area contributed by atoms with Gasteiger partial charge in [-0.1, -0.05) is 12.1 Å². The Hall–Kier alpha value is -1.69. The summed E-state index contributed by atoms with van der Waals surface area (Å²) in [5, 5.41) is 12.0. The van der Waals surface area contributed by atoms with Crippen molar-refractivity contribution in [2.75, 3.05) is 18.6 Å². The molecule has 1 heterocycles. The maximum atomic E-state index is 12.1. The first-order valence-electron chi connectivity index (χ1n) is 6.31. The lowest BCUT2D eigenvalue weighted by molar-refractivity contribution is -0.146. The molecule has 0 radical (unpaired) electrons. The number of aliphatic carboxylic acids is 1. The fraction of sp³-hybridized carbons (Fsp3) is 0.429. The highest BCUT2D eigenvalue weighted by Crippen LogP contribution is 2.28. The quantitative estimate of drug-likeness (QED) is 0.856. The van der Waals surface area contributed by atoms with Gasteiger partial charge >= 0.3 is 5.97 Å². The number of hydrogen-bond acceptors (Lipinski definition) is 4. The van der Waals surface area contributed by atoms with Crippen LogP contribution < -0.4 is 10.1 Å². The zero-order chi connectivity index (χ0) is 14.6. The van der Waals surface area contributed by atoms with Crippen LogP contribution in [0, 0.1) is 0 Å². The minimum absolute atomic E-state index is 0.150. The minimum Gasteiger partial charge on any atom is -0.497 e. The third-order valence-electron chi connectivity index (χ3n) is 3.31. The number of nitrogens with one attached hydrogen (secondary N) is 1. The third kappa shape index (κ3) is 3.25. The van der Waals surface area contributed by atoms with E-state index in [1.54, 1.807) is 37.1 Å². The number of carbonyl (C=O) groups excluding carboxylic acids is 1. The summed E-state index contributed by atoms with van der Waals surface area (Å²) in [7, 11) is 1.56. The summed E-state index contributed by atoms with van der Waals surface area (Å²) in [6.45, 7) is 0. The molecule has 1 amide bonds. The Balaban J connectivity index is 2.02. The SMILES string of the molecule is COc1cccc(CC(=O)NC2(C(=O)O)CCSC2)c1. The van der Waals surface area contributed by atoms with Gasteiger partial charge in [0.2, 0.25) is 5.91 Å². The highest BCUT2D eigenvalue weighted by molar-refractivity contribution is 7.99. The normalized spacial score (nSPS) is 21.4. The molecule has 1 unspecified atom stereocenters. The average Bonchev–Trinajstić information content (AvgIpc) is 2.88. The van der Waals surface area contributed by atoms with Crippen LogP contribution in [0.2, 0.25) is 0 Å². The van der Waals surface area contributed by atoms with Crippen LogP contribution in [0.15, 0.2) is 24.3 Å². The van der Waals surface area contributed by atoms with Gasteiger partial charge in [0.25, 0.3) is 0 Å². The molecule has 1 aromatic carbocycles. The molecule has 0 bridgehead atoms. The zero-order valence-corrected chi connectivity index (χ0v) is 12.0. The molecule has 1 aliphatic heterocycles. The molecule has 1 fully saturated rings. The van der Waals surface area contributed by atoms with Gasteiger partial charge in [-0.05, 0) is 29.9 Å². The molecule has 1 aromatic rings. The van der Waals surface area contributed by atoms with E-state index in [0.29, 0.717) is 17.9 Å². The van der Waals surface area contributed by atoms with Gasteiger partial charge in [-0.3, -0.25) is 4.79 Å². The highest BCUT2D eigenvalue weighted by Gasteiger charge is 2.43. The predicted octanol–water partition coefficient (Wildman–Crippen LogP) is 1.31. The van der Waals surface area contributed by atoms with Crippen LogP contribution in [-0.4, -0.2) is 41.1 Å². The molecule has 2 rings (SSSR count). The number of hydrogen-bond donors (Lipinski definition) is 2. The number of ether oxygens (including phenoxy) is 1. The molecule has 20 heavy (non-hydrogen) atoms. The molecule has 108 valence electrons. The summed E-state index contributed by atoms with van der Waals surface area (Å²) in [6, 6.07) is 7.20. The highest BCUT2D eigenvalue weighted by atomic mass is 32.2. The summed E-state index contributed by atoms with van der Waals surface area (Å²) in [5.74, 6) is 0.627. The van der Waals surface area contributed by atoms with Crippen molar-refractivity contribution < 1.29 is 19.4 Å². The smallest absolute Gasteiger partial charge is 0.330 e. The molecule has 6 heteroatoms. The Labute approximate surface area is 121 Å². The van der Waals surface area contributed by atoms with E-state index in [1.807, 2.05) is 6.07 Å². The summed E-state index contributed by atoms with van der Waals surface area (Å²) in [6.07, 6.45) is 0.619. The number of amides is 1. The molecule has 0 saturated carbocycles. The first-order chi connectivity index (χ1) is 9.55. The van der Waals surface area contributed by atoms with Crippen molar-refractivity contribution in [1.82, 2.24) is 5.32 Å². The summed E-state index contributed by atoms with van der Waals surface area (Å²) >= 11 is 1.55. The van der Waals surface area contributed by atoms with E-state index in [4.69, 9.17) is 4.74 Å². The topological polar surface area (TPSA) is 75.6 Å². The van der Waals surface area contributed by atoms with Crippen molar-refractivity contribution in [3.63, 3.8) is 0 Å². The van der Waals surface area contributed by atoms with Crippen LogP contribution >= 0.6 is 11.8 Å². The van der Waals surface area contributed by atoms with Gasteiger partial charge in [-0.15, -0.1) is 0 Å². The molecule has 0 aromatic heterocycles. The van der Waals surface area contributed by atoms with Crippen molar-refractivity contribution in [2.45, 2.75) is 18.4 Å². The van der Waals surface area contributed by atoms with Gasteiger partial charge in [0.05, 0.1) is 13.5 Å². The third-order valence-corrected chi connectivity index (χ3v) is 4.50. The van der Waals surface area contributed by atoms with Crippen LogP contribution in [-0.2, 0) is 16.0 Å². The summed E-state index contributed by atoms with van der Waals surface area (Å²) in [4.78, 5) is 23.4. The van der Waals surface area contributed by atoms with E-state index in [9.17, 15) is 14.7 Å². The molecule has 0 aliphatic carbocycles. The van der Waals surface area contributed by atoms with Crippen LogP contribution in [0.4, 0.5) is 0 Å². The van der Waals surface area contributed by atoms with Crippen molar-refractivity contribution in [3.05, 3.63) is 29.8 Å². The predicted molar refractivity (Wildman–Crippen MR) is 77.1 cm³/mol. The number of thioether (sulfide) groups is 1. The van der Waals surface area contributed by atoms with Crippen molar-refractivity contribution in [3.8, 4) is 5.75 Å². The first kappa shape index (κ1) is 14.7. The van der Waals surface area contributed by atoms with Gasteiger partial charge in [0, 0.05) is 5.75 Å². The van der Waals surface area contributed by atoms with Crippen LogP contribution in [0.1, 0.15) is 12.0 Å². The van der Waals surface area contributed by atoms with E-state index < -0.39 is 11.5 Å². The zero-order valence-electron chi connectivity index (χ0n) is 11.2. The lowest BCUT2D eigenvalue weighted by Crippen LogP contribution is -2.55. The Bertz CT molecular complexity index is 512. The summed E-state index contributed by atoms with van der Waals surface area (Å²) < 4.78 is 5.10. The van der Waals surface area contributed by atoms with E-state index in [2.05, 4.69) is 5.32 Å². The van der Waals surface area contributed by atoms with E-state index in [-0.39, 0.29) is 12.3 Å². The van der Waals surface area contributed by atoms with Crippen LogP contribution in [0.3, 0.4) is 0 Å². The largest absolute Gasteiger partial charge is 0.497 e. The fourth-order valence-electron chi connectivity index (χ4n) is 2.16. The Morgan fingerprint density at radius 3 is 2.90 bits per heavy atom. The van der Waals surface area contributed by atoms with E-state index in [1.165, 1.54) is 0 Å². The fourth-order valence-corrected chi connectivity index (χ4v) is 3.49. The number of benzene rings is 1.